The molecule has 6 aromatic rings. The maximum absolute atomic E-state index is 11.6. The quantitative estimate of drug-likeness (QED) is 0.0732. The van der Waals surface area contributed by atoms with Crippen LogP contribution in [0.3, 0.4) is 0 Å². The molecule has 0 aliphatic carbocycles. The van der Waals surface area contributed by atoms with Crippen molar-refractivity contribution in [2.75, 3.05) is 30.1 Å². The first-order chi connectivity index (χ1) is 36.9. The lowest BCUT2D eigenvalue weighted by molar-refractivity contribution is -0.140. The molecule has 0 radical (unpaired) electrons. The molecule has 2 fully saturated rings. The van der Waals surface area contributed by atoms with E-state index in [0.29, 0.717) is 0 Å². The highest BCUT2D eigenvalue weighted by atomic mass is 32.2. The number of thioether (sulfide) groups is 2. The second-order valence-electron chi connectivity index (χ2n) is 21.6. The number of aliphatic hydroxyl groups is 2. The van der Waals surface area contributed by atoms with Crippen molar-refractivity contribution in [1.29, 1.82) is 0 Å². The molecule has 8 heteroatoms. The Morgan fingerprint density at radius 3 is 1.16 bits per heavy atom. The number of ether oxygens (including phenoxy) is 1. The van der Waals surface area contributed by atoms with Gasteiger partial charge in [-0.3, -0.25) is 9.59 Å². The average Bonchev–Trinajstić information content (AvgIpc) is 3.43. The van der Waals surface area contributed by atoms with Gasteiger partial charge in [0, 0.05) is 10.8 Å². The number of hydrogen-bond donors (Lipinski definition) is 3. The molecule has 2 aliphatic heterocycles. The molecule has 0 saturated carbocycles. The van der Waals surface area contributed by atoms with Crippen molar-refractivity contribution < 1.29 is 29.6 Å². The number of aryl methyl sites for hydroxylation is 4. The number of carboxylic acids is 1. The standard InChI is InChI=1S/C35H42O3S.C34H40O3S/c1-6-35(7-2,30-13-12-28(25(3)22-30)16-17-34(37)18-20-39-21-19-34)31-14-15-32(26(4)23-31)29-10-8-27(9-11-29)24-33(36)38-5;1-5-34(6-2,29-12-11-27(24(3)21-29)15-16-33(37)17-19-38-20-18-33)30-13-14-31(25(4)22-30)28-9-7-26(8-10-28)23-32(35)36/h8-17,22-23,37H,6-7,18-21,24H2,1-5H3;7-16,21-22,37H,5-6,17-20,23H2,1-4H3,(H,35,36)/b17-16+;16-15+. The average molecular weight is 1070 g/mol. The minimum Gasteiger partial charge on any atom is -0.481 e. The van der Waals surface area contributed by atoms with E-state index in [0.717, 1.165) is 96.6 Å². The second kappa shape index (κ2) is 26.3. The molecule has 0 unspecified atom stereocenters. The van der Waals surface area contributed by atoms with Gasteiger partial charge < -0.3 is 20.1 Å². The Morgan fingerprint density at radius 1 is 0.506 bits per heavy atom. The van der Waals surface area contributed by atoms with Crippen LogP contribution in [0, 0.1) is 27.7 Å². The van der Waals surface area contributed by atoms with E-state index in [9.17, 15) is 19.8 Å². The Bertz CT molecular complexity index is 3020. The highest BCUT2D eigenvalue weighted by Crippen LogP contribution is 2.43. The van der Waals surface area contributed by atoms with Crippen molar-refractivity contribution in [3.05, 3.63) is 200 Å². The first-order valence-corrected chi connectivity index (χ1v) is 30.1. The van der Waals surface area contributed by atoms with Gasteiger partial charge in [0.25, 0.3) is 0 Å². The van der Waals surface area contributed by atoms with E-state index in [1.807, 2.05) is 72.1 Å². The summed E-state index contributed by atoms with van der Waals surface area (Å²) in [7, 11) is 1.42. The third kappa shape index (κ3) is 14.2. The van der Waals surface area contributed by atoms with Crippen LogP contribution < -0.4 is 0 Å². The maximum atomic E-state index is 11.6. The van der Waals surface area contributed by atoms with E-state index in [1.54, 1.807) is 0 Å². The zero-order chi connectivity index (χ0) is 55.4. The highest BCUT2D eigenvalue weighted by molar-refractivity contribution is 7.99. The van der Waals surface area contributed by atoms with E-state index < -0.39 is 17.2 Å². The fourth-order valence-electron chi connectivity index (χ4n) is 11.6. The summed E-state index contributed by atoms with van der Waals surface area (Å²) in [6, 6.07) is 43.4. The minimum atomic E-state index is -0.811. The Morgan fingerprint density at radius 2 is 0.844 bits per heavy atom. The van der Waals surface area contributed by atoms with Gasteiger partial charge in [-0.15, -0.1) is 0 Å². The van der Waals surface area contributed by atoms with Gasteiger partial charge in [0.05, 0.1) is 31.2 Å². The number of hydrogen-bond acceptors (Lipinski definition) is 7. The van der Waals surface area contributed by atoms with Gasteiger partial charge in [-0.25, -0.2) is 0 Å². The molecular formula is C69H82O6S2. The third-order valence-electron chi connectivity index (χ3n) is 16.9. The van der Waals surface area contributed by atoms with Crippen LogP contribution >= 0.6 is 23.5 Å². The number of carbonyl (C=O) groups excluding carboxylic acids is 1. The van der Waals surface area contributed by atoms with Crippen molar-refractivity contribution in [2.24, 2.45) is 0 Å². The first-order valence-electron chi connectivity index (χ1n) is 27.8. The van der Waals surface area contributed by atoms with Gasteiger partial charge in [0.2, 0.25) is 0 Å². The maximum Gasteiger partial charge on any atom is 0.309 e. The fourth-order valence-corrected chi connectivity index (χ4v) is 14.0. The zero-order valence-corrected chi connectivity index (χ0v) is 48.8. The molecule has 6 nitrogen and oxygen atoms in total. The van der Waals surface area contributed by atoms with Gasteiger partial charge in [-0.2, -0.15) is 23.5 Å². The molecule has 406 valence electrons. The van der Waals surface area contributed by atoms with Crippen molar-refractivity contribution in [2.45, 2.75) is 142 Å². The number of benzene rings is 6. The number of esters is 1. The summed E-state index contributed by atoms with van der Waals surface area (Å²) in [6.07, 6.45) is 15.9. The lowest BCUT2D eigenvalue weighted by Crippen LogP contribution is -2.30. The monoisotopic (exact) mass is 1070 g/mol. The molecule has 3 N–H and O–H groups in total. The van der Waals surface area contributed by atoms with E-state index in [2.05, 4.69) is 152 Å². The molecule has 6 aromatic carbocycles. The van der Waals surface area contributed by atoms with E-state index in [4.69, 9.17) is 9.84 Å². The Hall–Kier alpha value is -5.64. The van der Waals surface area contributed by atoms with Crippen LogP contribution in [0.4, 0.5) is 0 Å². The lowest BCUT2D eigenvalue weighted by atomic mass is 9.69. The van der Waals surface area contributed by atoms with Gasteiger partial charge in [-0.1, -0.05) is 173 Å². The third-order valence-corrected chi connectivity index (χ3v) is 18.9. The van der Waals surface area contributed by atoms with Crippen LogP contribution in [0.5, 0.6) is 0 Å². The van der Waals surface area contributed by atoms with E-state index >= 15 is 0 Å². The molecule has 77 heavy (non-hydrogen) atoms. The topological polar surface area (TPSA) is 104 Å². The summed E-state index contributed by atoms with van der Waals surface area (Å²) in [5, 5.41) is 30.8. The number of carbonyl (C=O) groups is 2. The van der Waals surface area contributed by atoms with Crippen molar-refractivity contribution in [3.8, 4) is 22.3 Å². The van der Waals surface area contributed by atoms with Crippen LogP contribution in [-0.2, 0) is 38.0 Å². The lowest BCUT2D eigenvalue weighted by Gasteiger charge is -2.34. The SMILES string of the molecule is CCC(CC)(c1ccc(/C=C/C2(O)CCSCC2)c(C)c1)c1ccc(-c2ccc(CC(=O)O)cc2)c(C)c1.CCC(CC)(c1ccc(/C=C/C2(O)CCSCC2)c(C)c1)c1ccc(-c2ccc(CC(=O)OC)cc2)c(C)c1. The van der Waals surface area contributed by atoms with Gasteiger partial charge in [0.15, 0.2) is 0 Å². The summed E-state index contributed by atoms with van der Waals surface area (Å²) in [4.78, 5) is 22.6. The summed E-state index contributed by atoms with van der Waals surface area (Å²) < 4.78 is 4.79. The summed E-state index contributed by atoms with van der Waals surface area (Å²) in [5.41, 5.74) is 17.5. The molecule has 8 rings (SSSR count). The Labute approximate surface area is 468 Å². The first kappa shape index (κ1) is 59.0. The van der Waals surface area contributed by atoms with Crippen LogP contribution in [0.15, 0.2) is 133 Å². The number of methoxy groups -OCH3 is 1. The number of aliphatic carboxylic acids is 1. The molecule has 0 atom stereocenters. The fraction of sp³-hybridized carbons (Fsp3) is 0.391. The van der Waals surface area contributed by atoms with Gasteiger partial charge in [-0.05, 0) is 191 Å². The Kier molecular flexibility index (Phi) is 20.2. The van der Waals surface area contributed by atoms with Crippen LogP contribution in [-0.4, -0.2) is 68.6 Å². The minimum absolute atomic E-state index is 0.0434. The summed E-state index contributed by atoms with van der Waals surface area (Å²) in [5.74, 6) is 3.04. The molecule has 0 amide bonds. The smallest absolute Gasteiger partial charge is 0.309 e. The number of carboxylic acid groups (broad SMARTS) is 1. The van der Waals surface area contributed by atoms with Crippen LogP contribution in [0.1, 0.15) is 146 Å². The van der Waals surface area contributed by atoms with E-state index in [-0.39, 0.29) is 29.6 Å². The zero-order valence-electron chi connectivity index (χ0n) is 47.1. The highest BCUT2D eigenvalue weighted by Gasteiger charge is 2.34. The molecule has 0 spiro atoms. The molecule has 0 aromatic heterocycles. The molecular weight excluding hydrogens is 989 g/mol. The van der Waals surface area contributed by atoms with Crippen molar-refractivity contribution >= 4 is 47.6 Å². The predicted molar refractivity (Wildman–Crippen MR) is 326 cm³/mol. The molecule has 2 heterocycles. The molecule has 2 aliphatic rings. The Balaban J connectivity index is 0.000000224. The molecule has 2 saturated heterocycles. The predicted octanol–water partition coefficient (Wildman–Crippen LogP) is 16.0. The number of rotatable bonds is 18. The summed E-state index contributed by atoms with van der Waals surface area (Å²) >= 11 is 3.84. The van der Waals surface area contributed by atoms with Crippen molar-refractivity contribution in [1.82, 2.24) is 0 Å². The summed E-state index contributed by atoms with van der Waals surface area (Å²) in [6.45, 7) is 17.8. The van der Waals surface area contributed by atoms with Crippen LogP contribution in [0.2, 0.25) is 0 Å². The molecule has 0 bridgehead atoms. The largest absolute Gasteiger partial charge is 0.481 e. The van der Waals surface area contributed by atoms with Gasteiger partial charge in [0.1, 0.15) is 0 Å². The normalized spacial score (nSPS) is 15.5. The van der Waals surface area contributed by atoms with Gasteiger partial charge >= 0.3 is 11.9 Å². The van der Waals surface area contributed by atoms with Crippen molar-refractivity contribution in [3.63, 3.8) is 0 Å². The van der Waals surface area contributed by atoms with Crippen LogP contribution in [0.25, 0.3) is 34.4 Å². The van der Waals surface area contributed by atoms with E-state index in [1.165, 1.54) is 73.9 Å². The second-order valence-corrected chi connectivity index (χ2v) is 24.0.